The summed E-state index contributed by atoms with van der Waals surface area (Å²) < 4.78 is 1.78. The van der Waals surface area contributed by atoms with Crippen LogP contribution in [0.25, 0.3) is 0 Å². The molecule has 5 nitrogen and oxygen atoms in total. The van der Waals surface area contributed by atoms with Gasteiger partial charge in [-0.3, -0.25) is 4.68 Å². The van der Waals surface area contributed by atoms with E-state index in [1.807, 2.05) is 19.4 Å². The zero-order chi connectivity index (χ0) is 12.3. The minimum atomic E-state index is 0.542. The SMILES string of the molecule is Cn1cc(CCNc2ncc(Cl)cc2N)cn1. The maximum absolute atomic E-state index is 5.78. The van der Waals surface area contributed by atoms with Crippen molar-refractivity contribution in [3.05, 3.63) is 35.2 Å². The molecule has 0 atom stereocenters. The Morgan fingerprint density at radius 2 is 2.29 bits per heavy atom. The second-order valence-electron chi connectivity index (χ2n) is 3.79. The van der Waals surface area contributed by atoms with E-state index in [-0.39, 0.29) is 0 Å². The Labute approximate surface area is 105 Å². The fourth-order valence-electron chi connectivity index (χ4n) is 1.53. The van der Waals surface area contributed by atoms with Crippen LogP contribution in [-0.4, -0.2) is 21.3 Å². The molecule has 0 radical (unpaired) electrons. The largest absolute Gasteiger partial charge is 0.396 e. The molecule has 0 fully saturated rings. The molecule has 2 rings (SSSR count). The Morgan fingerprint density at radius 1 is 1.47 bits per heavy atom. The number of halogens is 1. The van der Waals surface area contributed by atoms with Gasteiger partial charge in [-0.05, 0) is 18.1 Å². The lowest BCUT2D eigenvalue weighted by Gasteiger charge is -2.07. The molecule has 0 aliphatic heterocycles. The highest BCUT2D eigenvalue weighted by Gasteiger charge is 2.01. The van der Waals surface area contributed by atoms with Crippen molar-refractivity contribution in [2.75, 3.05) is 17.6 Å². The molecule has 2 aromatic heterocycles. The Kier molecular flexibility index (Phi) is 3.49. The van der Waals surface area contributed by atoms with Crippen molar-refractivity contribution in [1.29, 1.82) is 0 Å². The van der Waals surface area contributed by atoms with Crippen molar-refractivity contribution in [3.8, 4) is 0 Å². The molecule has 2 aromatic rings. The van der Waals surface area contributed by atoms with Crippen LogP contribution in [0.4, 0.5) is 11.5 Å². The number of nitrogen functional groups attached to an aromatic ring is 1. The van der Waals surface area contributed by atoms with E-state index < -0.39 is 0 Å². The van der Waals surface area contributed by atoms with Gasteiger partial charge < -0.3 is 11.1 Å². The maximum atomic E-state index is 5.78. The van der Waals surface area contributed by atoms with Gasteiger partial charge in [-0.1, -0.05) is 11.6 Å². The number of rotatable bonds is 4. The highest BCUT2D eigenvalue weighted by Crippen LogP contribution is 2.19. The Hall–Kier alpha value is -1.75. The fourth-order valence-corrected chi connectivity index (χ4v) is 1.70. The van der Waals surface area contributed by atoms with Crippen LogP contribution in [0.2, 0.25) is 5.02 Å². The molecule has 0 aliphatic carbocycles. The van der Waals surface area contributed by atoms with E-state index in [4.69, 9.17) is 17.3 Å². The molecule has 0 bridgehead atoms. The number of pyridine rings is 1. The molecule has 90 valence electrons. The summed E-state index contributed by atoms with van der Waals surface area (Å²) in [6.45, 7) is 0.754. The van der Waals surface area contributed by atoms with Gasteiger partial charge in [-0.2, -0.15) is 5.10 Å². The van der Waals surface area contributed by atoms with Gasteiger partial charge >= 0.3 is 0 Å². The van der Waals surface area contributed by atoms with Crippen molar-refractivity contribution in [3.63, 3.8) is 0 Å². The summed E-state index contributed by atoms with van der Waals surface area (Å²) in [4.78, 5) is 4.13. The molecular formula is C11H14ClN5. The number of aromatic nitrogens is 3. The third kappa shape index (κ3) is 3.10. The van der Waals surface area contributed by atoms with E-state index in [0.29, 0.717) is 16.5 Å². The van der Waals surface area contributed by atoms with Crippen LogP contribution in [0.1, 0.15) is 5.56 Å². The highest BCUT2D eigenvalue weighted by molar-refractivity contribution is 6.30. The van der Waals surface area contributed by atoms with Crippen LogP contribution in [0, 0.1) is 0 Å². The molecular weight excluding hydrogens is 238 g/mol. The Balaban J connectivity index is 1.90. The number of nitrogens with one attached hydrogen (secondary N) is 1. The van der Waals surface area contributed by atoms with Crippen molar-refractivity contribution >= 4 is 23.1 Å². The van der Waals surface area contributed by atoms with Crippen LogP contribution < -0.4 is 11.1 Å². The van der Waals surface area contributed by atoms with Crippen molar-refractivity contribution in [2.24, 2.45) is 7.05 Å². The normalized spacial score (nSPS) is 10.5. The van der Waals surface area contributed by atoms with Gasteiger partial charge in [0.1, 0.15) is 5.82 Å². The summed E-state index contributed by atoms with van der Waals surface area (Å²) in [5.41, 5.74) is 7.51. The van der Waals surface area contributed by atoms with E-state index >= 15 is 0 Å². The van der Waals surface area contributed by atoms with Crippen molar-refractivity contribution in [1.82, 2.24) is 14.8 Å². The van der Waals surface area contributed by atoms with Crippen LogP contribution >= 0.6 is 11.6 Å². The zero-order valence-corrected chi connectivity index (χ0v) is 10.3. The van der Waals surface area contributed by atoms with E-state index in [0.717, 1.165) is 13.0 Å². The first-order valence-electron chi connectivity index (χ1n) is 5.27. The highest BCUT2D eigenvalue weighted by atomic mass is 35.5. The summed E-state index contributed by atoms with van der Waals surface area (Å²) in [6.07, 6.45) is 6.28. The number of nitrogens with two attached hydrogens (primary N) is 1. The molecule has 2 heterocycles. The minimum Gasteiger partial charge on any atom is -0.396 e. The summed E-state index contributed by atoms with van der Waals surface area (Å²) in [6, 6.07) is 1.68. The van der Waals surface area contributed by atoms with Crippen molar-refractivity contribution in [2.45, 2.75) is 6.42 Å². The predicted octanol–water partition coefficient (Wildman–Crippen LogP) is 1.71. The number of aryl methyl sites for hydroxylation is 1. The van der Waals surface area contributed by atoms with Crippen LogP contribution in [0.3, 0.4) is 0 Å². The topological polar surface area (TPSA) is 68.8 Å². The third-order valence-electron chi connectivity index (χ3n) is 2.35. The number of anilines is 2. The van der Waals surface area contributed by atoms with Gasteiger partial charge in [0.15, 0.2) is 0 Å². The Morgan fingerprint density at radius 3 is 2.94 bits per heavy atom. The second kappa shape index (κ2) is 5.05. The van der Waals surface area contributed by atoms with Gasteiger partial charge in [0, 0.05) is 26.0 Å². The number of nitrogens with zero attached hydrogens (tertiary/aromatic N) is 3. The quantitative estimate of drug-likeness (QED) is 0.868. The minimum absolute atomic E-state index is 0.542. The average molecular weight is 252 g/mol. The average Bonchev–Trinajstić information content (AvgIpc) is 2.68. The number of hydrogen-bond donors (Lipinski definition) is 2. The maximum Gasteiger partial charge on any atom is 0.149 e. The van der Waals surface area contributed by atoms with Crippen LogP contribution in [-0.2, 0) is 13.5 Å². The molecule has 0 unspecified atom stereocenters. The molecule has 0 aromatic carbocycles. The van der Waals surface area contributed by atoms with E-state index in [9.17, 15) is 0 Å². The lowest BCUT2D eigenvalue weighted by molar-refractivity contribution is 0.767. The third-order valence-corrected chi connectivity index (χ3v) is 2.55. The van der Waals surface area contributed by atoms with Crippen LogP contribution in [0.5, 0.6) is 0 Å². The Bertz CT molecular complexity index is 508. The summed E-state index contributed by atoms with van der Waals surface area (Å²) in [5.74, 6) is 0.665. The molecule has 0 aliphatic rings. The molecule has 0 saturated carbocycles. The molecule has 17 heavy (non-hydrogen) atoms. The summed E-state index contributed by atoms with van der Waals surface area (Å²) >= 11 is 5.77. The van der Waals surface area contributed by atoms with Gasteiger partial charge in [0.2, 0.25) is 0 Å². The van der Waals surface area contributed by atoms with Gasteiger partial charge in [0.25, 0.3) is 0 Å². The molecule has 0 saturated heterocycles. The van der Waals surface area contributed by atoms with E-state index in [1.54, 1.807) is 16.9 Å². The van der Waals surface area contributed by atoms with Gasteiger partial charge in [-0.25, -0.2) is 4.98 Å². The standard InChI is InChI=1S/C11H14ClN5/c1-17-7-8(5-16-17)2-3-14-11-10(13)4-9(12)6-15-11/h4-7H,2-3,13H2,1H3,(H,14,15). The zero-order valence-electron chi connectivity index (χ0n) is 9.52. The van der Waals surface area contributed by atoms with E-state index in [1.165, 1.54) is 5.56 Å². The van der Waals surface area contributed by atoms with Gasteiger partial charge in [-0.15, -0.1) is 0 Å². The summed E-state index contributed by atoms with van der Waals surface area (Å²) in [5, 5.41) is 7.81. The lowest BCUT2D eigenvalue weighted by atomic mass is 10.2. The molecule has 0 amide bonds. The lowest BCUT2D eigenvalue weighted by Crippen LogP contribution is -2.08. The molecule has 3 N–H and O–H groups in total. The number of hydrogen-bond acceptors (Lipinski definition) is 4. The van der Waals surface area contributed by atoms with Crippen LogP contribution in [0.15, 0.2) is 24.7 Å². The van der Waals surface area contributed by atoms with E-state index in [2.05, 4.69) is 15.4 Å². The first-order chi connectivity index (χ1) is 8.15. The molecule has 6 heteroatoms. The predicted molar refractivity (Wildman–Crippen MR) is 69.1 cm³/mol. The fraction of sp³-hybridized carbons (Fsp3) is 0.273. The van der Waals surface area contributed by atoms with Crippen molar-refractivity contribution < 1.29 is 0 Å². The smallest absolute Gasteiger partial charge is 0.149 e. The van der Waals surface area contributed by atoms with Gasteiger partial charge in [0.05, 0.1) is 16.9 Å². The molecule has 0 spiro atoms. The second-order valence-corrected chi connectivity index (χ2v) is 4.23. The first kappa shape index (κ1) is 11.7. The summed E-state index contributed by atoms with van der Waals surface area (Å²) in [7, 11) is 1.90. The monoisotopic (exact) mass is 251 g/mol. The first-order valence-corrected chi connectivity index (χ1v) is 5.65.